The molecule has 0 bridgehead atoms. The predicted octanol–water partition coefficient (Wildman–Crippen LogP) is 1.81. The minimum absolute atomic E-state index is 0.252. The molecule has 0 aromatic carbocycles. The molecule has 4 heteroatoms. The fourth-order valence-electron chi connectivity index (χ4n) is 2.35. The second-order valence-electron chi connectivity index (χ2n) is 4.48. The standard InChI is InChI=1S/C15H13NO3/c17-14-12-9-6-10-13(12)19-15(18)16(14)11-7-4-2-1-3-5-8-11/h1-5,7-8H,6,9-10H2. The molecule has 3 rings (SSSR count). The molecule has 1 aromatic rings. The van der Waals surface area contributed by atoms with Crippen LogP contribution in [0.5, 0.6) is 0 Å². The molecule has 0 fully saturated rings. The van der Waals surface area contributed by atoms with Crippen LogP contribution in [0.3, 0.4) is 0 Å². The van der Waals surface area contributed by atoms with E-state index in [4.69, 9.17) is 4.42 Å². The number of nitrogens with zero attached hydrogens (tertiary/aromatic N) is 1. The Morgan fingerprint density at radius 3 is 2.68 bits per heavy atom. The second kappa shape index (κ2) is 4.72. The summed E-state index contributed by atoms with van der Waals surface area (Å²) in [7, 11) is 0. The van der Waals surface area contributed by atoms with Crippen molar-refractivity contribution >= 4 is 5.70 Å². The van der Waals surface area contributed by atoms with Gasteiger partial charge in [0, 0.05) is 6.42 Å². The van der Waals surface area contributed by atoms with Crippen molar-refractivity contribution in [2.45, 2.75) is 19.3 Å². The zero-order valence-corrected chi connectivity index (χ0v) is 10.3. The van der Waals surface area contributed by atoms with E-state index in [1.807, 2.05) is 18.2 Å². The summed E-state index contributed by atoms with van der Waals surface area (Å²) in [4.78, 5) is 24.3. The number of rotatable bonds is 1. The maximum absolute atomic E-state index is 12.4. The molecule has 0 saturated heterocycles. The quantitative estimate of drug-likeness (QED) is 0.769. The average molecular weight is 255 g/mol. The summed E-state index contributed by atoms with van der Waals surface area (Å²) in [6.45, 7) is 0. The van der Waals surface area contributed by atoms with Gasteiger partial charge in [0.25, 0.3) is 5.56 Å². The van der Waals surface area contributed by atoms with Gasteiger partial charge in [-0.05, 0) is 25.0 Å². The number of fused-ring (bicyclic) bond motifs is 1. The van der Waals surface area contributed by atoms with E-state index < -0.39 is 5.76 Å². The predicted molar refractivity (Wildman–Crippen MR) is 73.0 cm³/mol. The Bertz CT molecular complexity index is 742. The van der Waals surface area contributed by atoms with E-state index in [9.17, 15) is 9.59 Å². The Kier molecular flexibility index (Phi) is 2.91. The molecular formula is C15H13NO3. The van der Waals surface area contributed by atoms with Gasteiger partial charge in [-0.2, -0.15) is 0 Å². The highest BCUT2D eigenvalue weighted by molar-refractivity contribution is 5.60. The highest BCUT2D eigenvalue weighted by atomic mass is 16.4. The third-order valence-electron chi connectivity index (χ3n) is 3.26. The van der Waals surface area contributed by atoms with Gasteiger partial charge in [-0.3, -0.25) is 4.79 Å². The van der Waals surface area contributed by atoms with Gasteiger partial charge in [-0.1, -0.05) is 30.4 Å². The van der Waals surface area contributed by atoms with Gasteiger partial charge < -0.3 is 4.42 Å². The first kappa shape index (κ1) is 11.7. The van der Waals surface area contributed by atoms with Crippen LogP contribution in [0.25, 0.3) is 5.70 Å². The number of allylic oxidation sites excluding steroid dienone is 8. The molecule has 2 aliphatic rings. The van der Waals surface area contributed by atoms with Crippen LogP contribution in [-0.2, 0) is 12.8 Å². The van der Waals surface area contributed by atoms with Crippen molar-refractivity contribution in [1.29, 1.82) is 0 Å². The normalized spacial score (nSPS) is 16.9. The van der Waals surface area contributed by atoms with Crippen LogP contribution >= 0.6 is 0 Å². The number of aryl methyl sites for hydroxylation is 1. The lowest BCUT2D eigenvalue weighted by molar-refractivity contribution is 0.424. The molecule has 0 atom stereocenters. The molecule has 0 spiro atoms. The van der Waals surface area contributed by atoms with Crippen LogP contribution in [0.15, 0.2) is 56.5 Å². The fourth-order valence-corrected chi connectivity index (χ4v) is 2.35. The topological polar surface area (TPSA) is 52.2 Å². The highest BCUT2D eigenvalue weighted by Gasteiger charge is 2.21. The number of hydrogen-bond donors (Lipinski definition) is 0. The van der Waals surface area contributed by atoms with Gasteiger partial charge >= 0.3 is 5.76 Å². The summed E-state index contributed by atoms with van der Waals surface area (Å²) >= 11 is 0. The first-order valence-corrected chi connectivity index (χ1v) is 6.27. The van der Waals surface area contributed by atoms with Crippen molar-refractivity contribution in [2.24, 2.45) is 0 Å². The molecule has 0 saturated carbocycles. The molecule has 0 unspecified atom stereocenters. The summed E-state index contributed by atoms with van der Waals surface area (Å²) in [5.41, 5.74) is 0.905. The Morgan fingerprint density at radius 2 is 1.79 bits per heavy atom. The second-order valence-corrected chi connectivity index (χ2v) is 4.48. The molecule has 0 N–H and O–H groups in total. The lowest BCUT2D eigenvalue weighted by atomic mass is 10.2. The molecule has 96 valence electrons. The third kappa shape index (κ3) is 2.05. The van der Waals surface area contributed by atoms with Gasteiger partial charge in [-0.25, -0.2) is 9.36 Å². The van der Waals surface area contributed by atoms with E-state index in [2.05, 4.69) is 0 Å². The molecular weight excluding hydrogens is 242 g/mol. The monoisotopic (exact) mass is 255 g/mol. The van der Waals surface area contributed by atoms with Crippen molar-refractivity contribution in [3.8, 4) is 0 Å². The molecule has 1 heterocycles. The van der Waals surface area contributed by atoms with E-state index in [0.717, 1.165) is 11.0 Å². The zero-order chi connectivity index (χ0) is 13.2. The lowest BCUT2D eigenvalue weighted by Gasteiger charge is -2.06. The number of aromatic nitrogens is 1. The van der Waals surface area contributed by atoms with Crippen LogP contribution in [0.2, 0.25) is 0 Å². The SMILES string of the molecule is O=c1oc2c(c(=O)n1C1=CC=CC=CC=C1)CCC2. The summed E-state index contributed by atoms with van der Waals surface area (Å²) < 4.78 is 6.35. The first-order chi connectivity index (χ1) is 9.27. The summed E-state index contributed by atoms with van der Waals surface area (Å²) in [6.07, 6.45) is 14.8. The maximum Gasteiger partial charge on any atom is 0.426 e. The van der Waals surface area contributed by atoms with Crippen molar-refractivity contribution in [3.05, 3.63) is 74.8 Å². The smallest absolute Gasteiger partial charge is 0.414 e. The van der Waals surface area contributed by atoms with E-state index >= 15 is 0 Å². The fraction of sp³-hybridized carbons (Fsp3) is 0.200. The highest BCUT2D eigenvalue weighted by Crippen LogP contribution is 2.17. The summed E-state index contributed by atoms with van der Waals surface area (Å²) in [5, 5.41) is 0. The minimum Gasteiger partial charge on any atom is -0.414 e. The minimum atomic E-state index is -0.612. The third-order valence-corrected chi connectivity index (χ3v) is 3.26. The summed E-state index contributed by atoms with van der Waals surface area (Å²) in [5.74, 6) is -0.0587. The Hall–Kier alpha value is -2.36. The van der Waals surface area contributed by atoms with Gasteiger partial charge in [0.15, 0.2) is 0 Å². The molecule has 0 amide bonds. The molecule has 2 aliphatic carbocycles. The van der Waals surface area contributed by atoms with Crippen molar-refractivity contribution in [3.63, 3.8) is 0 Å². The van der Waals surface area contributed by atoms with Crippen LogP contribution in [0.1, 0.15) is 17.7 Å². The lowest BCUT2D eigenvalue weighted by Crippen LogP contribution is -2.34. The van der Waals surface area contributed by atoms with E-state index in [1.165, 1.54) is 0 Å². The van der Waals surface area contributed by atoms with Crippen molar-refractivity contribution in [1.82, 2.24) is 4.57 Å². The summed E-state index contributed by atoms with van der Waals surface area (Å²) in [6, 6.07) is 0. The van der Waals surface area contributed by atoms with Crippen molar-refractivity contribution < 1.29 is 4.42 Å². The van der Waals surface area contributed by atoms with Crippen LogP contribution in [0, 0.1) is 0 Å². The largest absolute Gasteiger partial charge is 0.426 e. The van der Waals surface area contributed by atoms with E-state index in [-0.39, 0.29) is 5.56 Å². The van der Waals surface area contributed by atoms with Crippen LogP contribution in [0.4, 0.5) is 0 Å². The number of hydrogen-bond acceptors (Lipinski definition) is 3. The Labute approximate surface area is 109 Å². The molecule has 4 nitrogen and oxygen atoms in total. The molecule has 0 aliphatic heterocycles. The maximum atomic E-state index is 12.4. The van der Waals surface area contributed by atoms with E-state index in [0.29, 0.717) is 29.9 Å². The van der Waals surface area contributed by atoms with Gasteiger partial charge in [-0.15, -0.1) is 0 Å². The zero-order valence-electron chi connectivity index (χ0n) is 10.3. The Morgan fingerprint density at radius 1 is 1.00 bits per heavy atom. The first-order valence-electron chi connectivity index (χ1n) is 6.27. The van der Waals surface area contributed by atoms with E-state index in [1.54, 1.807) is 24.3 Å². The van der Waals surface area contributed by atoms with Crippen molar-refractivity contribution in [2.75, 3.05) is 0 Å². The average Bonchev–Trinajstić information content (AvgIpc) is 2.79. The van der Waals surface area contributed by atoms with Crippen LogP contribution < -0.4 is 11.3 Å². The van der Waals surface area contributed by atoms with Gasteiger partial charge in [0.2, 0.25) is 0 Å². The molecule has 19 heavy (non-hydrogen) atoms. The molecule has 0 radical (unpaired) electrons. The Balaban J connectivity index is 2.21. The molecule has 1 aromatic heterocycles. The van der Waals surface area contributed by atoms with Crippen LogP contribution in [-0.4, -0.2) is 4.57 Å². The van der Waals surface area contributed by atoms with Gasteiger partial charge in [0.1, 0.15) is 5.76 Å². The van der Waals surface area contributed by atoms with Gasteiger partial charge in [0.05, 0.1) is 11.3 Å².